The minimum Gasteiger partial charge on any atom is -0.361 e. The van der Waals surface area contributed by atoms with Gasteiger partial charge in [0.15, 0.2) is 0 Å². The standard InChI is InChI=1S/C18H22N4O/c1-12-15(13(2)22-21-12)7-8-18(23)19-10-9-14-11-20-17-6-4-3-5-16(14)17/h3-6,11,20H,7-10H2,1-2H3,(H,19,23)(H,21,22). The van der Waals surface area contributed by atoms with Crippen molar-refractivity contribution in [3.63, 3.8) is 0 Å². The molecule has 0 aliphatic carbocycles. The summed E-state index contributed by atoms with van der Waals surface area (Å²) in [5.74, 6) is 0.0878. The van der Waals surface area contributed by atoms with E-state index in [2.05, 4.69) is 32.6 Å². The average Bonchev–Trinajstić information content (AvgIpc) is 3.10. The van der Waals surface area contributed by atoms with E-state index in [-0.39, 0.29) is 5.91 Å². The summed E-state index contributed by atoms with van der Waals surface area (Å²) in [7, 11) is 0. The first kappa shape index (κ1) is 15.3. The summed E-state index contributed by atoms with van der Waals surface area (Å²) >= 11 is 0. The van der Waals surface area contributed by atoms with Crippen LogP contribution in [0, 0.1) is 13.8 Å². The highest BCUT2D eigenvalue weighted by Crippen LogP contribution is 2.17. The Labute approximate surface area is 135 Å². The zero-order valence-corrected chi connectivity index (χ0v) is 13.6. The van der Waals surface area contributed by atoms with Crippen LogP contribution in [0.2, 0.25) is 0 Å². The van der Waals surface area contributed by atoms with Crippen molar-refractivity contribution in [3.8, 4) is 0 Å². The molecule has 5 heteroatoms. The lowest BCUT2D eigenvalue weighted by Gasteiger charge is -2.05. The molecule has 3 rings (SSSR count). The van der Waals surface area contributed by atoms with Gasteiger partial charge in [-0.1, -0.05) is 18.2 Å². The van der Waals surface area contributed by atoms with E-state index in [0.717, 1.165) is 35.3 Å². The van der Waals surface area contributed by atoms with Gasteiger partial charge in [-0.2, -0.15) is 5.10 Å². The Morgan fingerprint density at radius 3 is 2.83 bits per heavy atom. The minimum atomic E-state index is 0.0878. The summed E-state index contributed by atoms with van der Waals surface area (Å²) in [4.78, 5) is 15.3. The quantitative estimate of drug-likeness (QED) is 0.655. The maximum Gasteiger partial charge on any atom is 0.220 e. The summed E-state index contributed by atoms with van der Waals surface area (Å²) in [5, 5.41) is 11.3. The van der Waals surface area contributed by atoms with Gasteiger partial charge in [0.2, 0.25) is 5.91 Å². The third-order valence-electron chi connectivity index (χ3n) is 4.27. The molecule has 0 saturated heterocycles. The number of carbonyl (C=O) groups excluding carboxylic acids is 1. The van der Waals surface area contributed by atoms with Crippen LogP contribution in [-0.2, 0) is 17.6 Å². The first-order valence-corrected chi connectivity index (χ1v) is 7.97. The van der Waals surface area contributed by atoms with Crippen molar-refractivity contribution < 1.29 is 4.79 Å². The fourth-order valence-electron chi connectivity index (χ4n) is 2.94. The monoisotopic (exact) mass is 310 g/mol. The number of aromatic nitrogens is 3. The molecule has 0 aliphatic heterocycles. The number of amides is 1. The smallest absolute Gasteiger partial charge is 0.220 e. The van der Waals surface area contributed by atoms with E-state index in [0.29, 0.717) is 13.0 Å². The number of nitrogens with one attached hydrogen (secondary N) is 3. The Bertz CT molecular complexity index is 796. The van der Waals surface area contributed by atoms with E-state index < -0.39 is 0 Å². The summed E-state index contributed by atoms with van der Waals surface area (Å²) in [6.07, 6.45) is 4.08. The largest absolute Gasteiger partial charge is 0.361 e. The number of aryl methyl sites for hydroxylation is 2. The maximum absolute atomic E-state index is 12.0. The molecule has 3 aromatic rings. The van der Waals surface area contributed by atoms with Crippen LogP contribution in [-0.4, -0.2) is 27.6 Å². The van der Waals surface area contributed by atoms with Gasteiger partial charge in [-0.15, -0.1) is 0 Å². The fraction of sp³-hybridized carbons (Fsp3) is 0.333. The van der Waals surface area contributed by atoms with E-state index >= 15 is 0 Å². The third-order valence-corrected chi connectivity index (χ3v) is 4.27. The first-order valence-electron chi connectivity index (χ1n) is 7.97. The number of hydrogen-bond acceptors (Lipinski definition) is 2. The molecule has 0 radical (unpaired) electrons. The lowest BCUT2D eigenvalue weighted by molar-refractivity contribution is -0.121. The van der Waals surface area contributed by atoms with Crippen molar-refractivity contribution in [2.45, 2.75) is 33.1 Å². The van der Waals surface area contributed by atoms with E-state index in [1.54, 1.807) is 0 Å². The van der Waals surface area contributed by atoms with Gasteiger partial charge in [0.25, 0.3) is 0 Å². The molecule has 2 heterocycles. The molecule has 0 fully saturated rings. The highest BCUT2D eigenvalue weighted by atomic mass is 16.1. The number of rotatable bonds is 6. The molecule has 0 spiro atoms. The molecule has 0 bridgehead atoms. The molecule has 0 saturated carbocycles. The summed E-state index contributed by atoms with van der Waals surface area (Å²) in [5.41, 5.74) is 5.56. The van der Waals surface area contributed by atoms with Crippen molar-refractivity contribution in [2.75, 3.05) is 6.54 Å². The fourth-order valence-corrected chi connectivity index (χ4v) is 2.94. The molecule has 120 valence electrons. The number of H-pyrrole nitrogens is 2. The molecule has 3 N–H and O–H groups in total. The van der Waals surface area contributed by atoms with Crippen LogP contribution < -0.4 is 5.32 Å². The topological polar surface area (TPSA) is 73.6 Å². The molecule has 0 aliphatic rings. The van der Waals surface area contributed by atoms with Crippen LogP contribution in [0.5, 0.6) is 0 Å². The van der Waals surface area contributed by atoms with E-state index in [9.17, 15) is 4.79 Å². The van der Waals surface area contributed by atoms with Gasteiger partial charge < -0.3 is 10.3 Å². The van der Waals surface area contributed by atoms with Crippen LogP contribution in [0.15, 0.2) is 30.5 Å². The van der Waals surface area contributed by atoms with Gasteiger partial charge in [0.1, 0.15) is 0 Å². The molecular formula is C18H22N4O. The first-order chi connectivity index (χ1) is 11.1. The third kappa shape index (κ3) is 3.44. The molecular weight excluding hydrogens is 288 g/mol. The Morgan fingerprint density at radius 2 is 2.04 bits per heavy atom. The van der Waals surface area contributed by atoms with Gasteiger partial charge in [0, 0.05) is 35.8 Å². The zero-order valence-electron chi connectivity index (χ0n) is 13.6. The molecule has 0 unspecified atom stereocenters. The number of aromatic amines is 2. The number of nitrogens with zero attached hydrogens (tertiary/aromatic N) is 1. The second-order valence-electron chi connectivity index (χ2n) is 5.87. The number of hydrogen-bond donors (Lipinski definition) is 3. The van der Waals surface area contributed by atoms with Crippen LogP contribution in [0.4, 0.5) is 0 Å². The average molecular weight is 310 g/mol. The Morgan fingerprint density at radius 1 is 1.22 bits per heavy atom. The molecule has 1 amide bonds. The SMILES string of the molecule is Cc1n[nH]c(C)c1CCC(=O)NCCc1c[nH]c2ccccc12. The molecule has 0 atom stereocenters. The predicted molar refractivity (Wildman–Crippen MR) is 91.4 cm³/mol. The van der Waals surface area contributed by atoms with Gasteiger partial charge in [0.05, 0.1) is 5.69 Å². The normalized spacial score (nSPS) is 11.0. The van der Waals surface area contributed by atoms with Gasteiger partial charge in [-0.05, 0) is 43.9 Å². The second-order valence-corrected chi connectivity index (χ2v) is 5.87. The Balaban J connectivity index is 1.48. The van der Waals surface area contributed by atoms with Gasteiger partial charge in [-0.3, -0.25) is 9.89 Å². The van der Waals surface area contributed by atoms with E-state index in [1.807, 2.05) is 32.2 Å². The summed E-state index contributed by atoms with van der Waals surface area (Å²) in [6.45, 7) is 4.61. The predicted octanol–water partition coefficient (Wildman–Crippen LogP) is 2.80. The van der Waals surface area contributed by atoms with Crippen molar-refractivity contribution >= 4 is 16.8 Å². The zero-order chi connectivity index (χ0) is 16.2. The highest BCUT2D eigenvalue weighted by molar-refractivity contribution is 5.83. The van der Waals surface area contributed by atoms with Crippen LogP contribution in [0.3, 0.4) is 0 Å². The Hall–Kier alpha value is -2.56. The lowest BCUT2D eigenvalue weighted by atomic mass is 10.1. The summed E-state index contributed by atoms with van der Waals surface area (Å²) < 4.78 is 0. The van der Waals surface area contributed by atoms with Gasteiger partial charge in [-0.25, -0.2) is 0 Å². The van der Waals surface area contributed by atoms with Crippen molar-refractivity contribution in [1.29, 1.82) is 0 Å². The van der Waals surface area contributed by atoms with Crippen molar-refractivity contribution in [3.05, 3.63) is 53.0 Å². The number of carbonyl (C=O) groups is 1. The van der Waals surface area contributed by atoms with Gasteiger partial charge >= 0.3 is 0 Å². The van der Waals surface area contributed by atoms with Crippen LogP contribution in [0.1, 0.15) is 28.9 Å². The van der Waals surface area contributed by atoms with Crippen LogP contribution >= 0.6 is 0 Å². The molecule has 5 nitrogen and oxygen atoms in total. The van der Waals surface area contributed by atoms with Crippen molar-refractivity contribution in [2.24, 2.45) is 0 Å². The summed E-state index contributed by atoms with van der Waals surface area (Å²) in [6, 6.07) is 8.22. The Kier molecular flexibility index (Phi) is 4.46. The lowest BCUT2D eigenvalue weighted by Crippen LogP contribution is -2.25. The second kappa shape index (κ2) is 6.69. The van der Waals surface area contributed by atoms with E-state index in [4.69, 9.17) is 0 Å². The molecule has 2 aromatic heterocycles. The molecule has 1 aromatic carbocycles. The van der Waals surface area contributed by atoms with Crippen LogP contribution in [0.25, 0.3) is 10.9 Å². The minimum absolute atomic E-state index is 0.0878. The maximum atomic E-state index is 12.0. The van der Waals surface area contributed by atoms with E-state index in [1.165, 1.54) is 10.9 Å². The molecule has 23 heavy (non-hydrogen) atoms. The number of para-hydroxylation sites is 1. The number of fused-ring (bicyclic) bond motifs is 1. The number of benzene rings is 1. The van der Waals surface area contributed by atoms with Crippen molar-refractivity contribution in [1.82, 2.24) is 20.5 Å². The highest BCUT2D eigenvalue weighted by Gasteiger charge is 2.09.